The Kier molecular flexibility index (Phi) is 3.93. The van der Waals surface area contributed by atoms with Gasteiger partial charge in [0.05, 0.1) is 5.69 Å². The number of nitrogens with zero attached hydrogens (tertiary/aromatic N) is 2. The van der Waals surface area contributed by atoms with E-state index in [9.17, 15) is 0 Å². The van der Waals surface area contributed by atoms with Gasteiger partial charge in [-0.1, -0.05) is 0 Å². The van der Waals surface area contributed by atoms with Crippen LogP contribution >= 0.6 is 0 Å². The van der Waals surface area contributed by atoms with E-state index in [4.69, 9.17) is 5.73 Å². The maximum atomic E-state index is 6.13. The fraction of sp³-hybridized carbons (Fsp3) is 0.583. The molecule has 0 saturated carbocycles. The first-order valence-corrected chi connectivity index (χ1v) is 5.23. The standard InChI is InChI=1S/C12H19N3/c1-5-6-7-8-11(13)12-9(2)14-15(4)10(12)3/h11H,7-8,13H2,1-4H3. The van der Waals surface area contributed by atoms with Gasteiger partial charge in [0.15, 0.2) is 0 Å². The highest BCUT2D eigenvalue weighted by atomic mass is 15.3. The van der Waals surface area contributed by atoms with Crippen molar-refractivity contribution in [3.63, 3.8) is 0 Å². The summed E-state index contributed by atoms with van der Waals surface area (Å²) >= 11 is 0. The monoisotopic (exact) mass is 205 g/mol. The molecule has 0 amide bonds. The quantitative estimate of drug-likeness (QED) is 0.765. The lowest BCUT2D eigenvalue weighted by Gasteiger charge is -2.10. The molecule has 82 valence electrons. The van der Waals surface area contributed by atoms with Crippen molar-refractivity contribution < 1.29 is 0 Å². The van der Waals surface area contributed by atoms with Crippen LogP contribution in [-0.2, 0) is 7.05 Å². The first-order chi connectivity index (χ1) is 7.07. The van der Waals surface area contributed by atoms with Crippen LogP contribution in [0.3, 0.4) is 0 Å². The third-order valence-corrected chi connectivity index (χ3v) is 2.69. The Morgan fingerprint density at radius 1 is 1.47 bits per heavy atom. The van der Waals surface area contributed by atoms with Crippen molar-refractivity contribution in [3.8, 4) is 11.8 Å². The molecule has 0 aliphatic heterocycles. The SMILES string of the molecule is CC#CCCC(N)c1c(C)nn(C)c1C. The molecule has 1 rings (SSSR count). The third-order valence-electron chi connectivity index (χ3n) is 2.69. The number of hydrogen-bond acceptors (Lipinski definition) is 2. The van der Waals surface area contributed by atoms with Crippen molar-refractivity contribution in [2.24, 2.45) is 12.8 Å². The molecule has 3 heteroatoms. The summed E-state index contributed by atoms with van der Waals surface area (Å²) in [7, 11) is 1.95. The number of aromatic nitrogens is 2. The van der Waals surface area contributed by atoms with Gasteiger partial charge in [0.2, 0.25) is 0 Å². The van der Waals surface area contributed by atoms with E-state index in [1.807, 2.05) is 25.6 Å². The van der Waals surface area contributed by atoms with Crippen LogP contribution in [0.25, 0.3) is 0 Å². The highest BCUT2D eigenvalue weighted by Gasteiger charge is 2.15. The number of nitrogens with two attached hydrogens (primary N) is 1. The second-order valence-electron chi connectivity index (χ2n) is 3.78. The minimum atomic E-state index is 0.0551. The predicted molar refractivity (Wildman–Crippen MR) is 62.3 cm³/mol. The molecule has 0 bridgehead atoms. The molecule has 2 N–H and O–H groups in total. The lowest BCUT2D eigenvalue weighted by atomic mass is 10.0. The molecule has 0 aromatic carbocycles. The predicted octanol–water partition coefficient (Wildman–Crippen LogP) is 1.84. The highest BCUT2D eigenvalue weighted by molar-refractivity contribution is 5.27. The van der Waals surface area contributed by atoms with E-state index in [1.54, 1.807) is 0 Å². The molecule has 0 radical (unpaired) electrons. The van der Waals surface area contributed by atoms with E-state index in [0.717, 1.165) is 24.2 Å². The molecule has 1 unspecified atom stereocenters. The zero-order chi connectivity index (χ0) is 11.4. The topological polar surface area (TPSA) is 43.8 Å². The van der Waals surface area contributed by atoms with Crippen LogP contribution in [0.1, 0.15) is 42.8 Å². The molecule has 0 fully saturated rings. The van der Waals surface area contributed by atoms with Crippen LogP contribution in [0, 0.1) is 25.7 Å². The van der Waals surface area contributed by atoms with Gasteiger partial charge in [-0.05, 0) is 27.2 Å². The Morgan fingerprint density at radius 2 is 2.13 bits per heavy atom. The molecule has 1 aromatic rings. The van der Waals surface area contributed by atoms with Crippen LogP contribution in [0.2, 0.25) is 0 Å². The van der Waals surface area contributed by atoms with Gasteiger partial charge in [-0.25, -0.2) is 0 Å². The Hall–Kier alpha value is -1.27. The summed E-state index contributed by atoms with van der Waals surface area (Å²) < 4.78 is 1.88. The van der Waals surface area contributed by atoms with Gasteiger partial charge in [-0.15, -0.1) is 11.8 Å². The van der Waals surface area contributed by atoms with Crippen LogP contribution in [-0.4, -0.2) is 9.78 Å². The first kappa shape index (κ1) is 11.8. The Morgan fingerprint density at radius 3 is 2.60 bits per heavy atom. The minimum Gasteiger partial charge on any atom is -0.324 e. The van der Waals surface area contributed by atoms with Gasteiger partial charge in [-0.3, -0.25) is 4.68 Å². The van der Waals surface area contributed by atoms with Crippen molar-refractivity contribution in [2.45, 2.75) is 39.7 Å². The molecule has 1 atom stereocenters. The molecule has 0 saturated heterocycles. The van der Waals surface area contributed by atoms with Gasteiger partial charge in [0.25, 0.3) is 0 Å². The van der Waals surface area contributed by atoms with Gasteiger partial charge >= 0.3 is 0 Å². The Bertz CT molecular complexity index is 393. The second-order valence-corrected chi connectivity index (χ2v) is 3.78. The number of aryl methyl sites for hydroxylation is 2. The van der Waals surface area contributed by atoms with Crippen molar-refractivity contribution in [1.29, 1.82) is 0 Å². The van der Waals surface area contributed by atoms with E-state index in [0.29, 0.717) is 0 Å². The smallest absolute Gasteiger partial charge is 0.0644 e. The molecule has 1 heterocycles. The lowest BCUT2D eigenvalue weighted by molar-refractivity contribution is 0.656. The molecule has 3 nitrogen and oxygen atoms in total. The second kappa shape index (κ2) is 4.99. The molecule has 1 aromatic heterocycles. The van der Waals surface area contributed by atoms with Crippen LogP contribution in [0.15, 0.2) is 0 Å². The normalized spacial score (nSPS) is 12.1. The van der Waals surface area contributed by atoms with Gasteiger partial charge in [0.1, 0.15) is 0 Å². The van der Waals surface area contributed by atoms with Gasteiger partial charge in [0, 0.05) is 30.8 Å². The van der Waals surface area contributed by atoms with E-state index in [1.165, 1.54) is 5.56 Å². The lowest BCUT2D eigenvalue weighted by Crippen LogP contribution is -2.12. The van der Waals surface area contributed by atoms with E-state index in [-0.39, 0.29) is 6.04 Å². The largest absolute Gasteiger partial charge is 0.324 e. The van der Waals surface area contributed by atoms with Crippen LogP contribution in [0.4, 0.5) is 0 Å². The maximum Gasteiger partial charge on any atom is 0.0644 e. The highest BCUT2D eigenvalue weighted by Crippen LogP contribution is 2.22. The summed E-state index contributed by atoms with van der Waals surface area (Å²) in [6.07, 6.45) is 1.75. The van der Waals surface area contributed by atoms with Crippen LogP contribution in [0.5, 0.6) is 0 Å². The maximum absolute atomic E-state index is 6.13. The molecule has 15 heavy (non-hydrogen) atoms. The molecular formula is C12H19N3. The fourth-order valence-electron chi connectivity index (χ4n) is 1.82. The average Bonchev–Trinajstić information content (AvgIpc) is 2.41. The van der Waals surface area contributed by atoms with Crippen molar-refractivity contribution >= 4 is 0 Å². The fourth-order valence-corrected chi connectivity index (χ4v) is 1.82. The van der Waals surface area contributed by atoms with Crippen molar-refractivity contribution in [3.05, 3.63) is 17.0 Å². The third kappa shape index (κ3) is 2.60. The molecular weight excluding hydrogens is 186 g/mol. The van der Waals surface area contributed by atoms with E-state index < -0.39 is 0 Å². The van der Waals surface area contributed by atoms with Gasteiger partial charge < -0.3 is 5.73 Å². The van der Waals surface area contributed by atoms with Crippen molar-refractivity contribution in [1.82, 2.24) is 9.78 Å². The summed E-state index contributed by atoms with van der Waals surface area (Å²) in [5, 5.41) is 4.36. The summed E-state index contributed by atoms with van der Waals surface area (Å²) in [5.74, 6) is 5.92. The van der Waals surface area contributed by atoms with Gasteiger partial charge in [-0.2, -0.15) is 5.10 Å². The Balaban J connectivity index is 2.79. The average molecular weight is 205 g/mol. The molecule has 0 aliphatic rings. The molecule has 0 aliphatic carbocycles. The van der Waals surface area contributed by atoms with Crippen LogP contribution < -0.4 is 5.73 Å². The van der Waals surface area contributed by atoms with Crippen molar-refractivity contribution in [2.75, 3.05) is 0 Å². The van der Waals surface area contributed by atoms with E-state index in [2.05, 4.69) is 23.9 Å². The summed E-state index contributed by atoms with van der Waals surface area (Å²) in [6.45, 7) is 5.92. The van der Waals surface area contributed by atoms with E-state index >= 15 is 0 Å². The molecule has 0 spiro atoms. The zero-order valence-electron chi connectivity index (χ0n) is 9.96. The zero-order valence-corrected chi connectivity index (χ0v) is 9.96. The number of rotatable bonds is 3. The minimum absolute atomic E-state index is 0.0551. The summed E-state index contributed by atoms with van der Waals surface area (Å²) in [4.78, 5) is 0. The first-order valence-electron chi connectivity index (χ1n) is 5.23. The summed E-state index contributed by atoms with van der Waals surface area (Å²) in [5.41, 5.74) is 9.50. The summed E-state index contributed by atoms with van der Waals surface area (Å²) in [6, 6.07) is 0.0551. The Labute approximate surface area is 91.7 Å². The number of hydrogen-bond donors (Lipinski definition) is 1.